The van der Waals surface area contributed by atoms with Crippen LogP contribution in [0.4, 0.5) is 0 Å². The zero-order valence-electron chi connectivity index (χ0n) is 8.81. The zero-order valence-corrected chi connectivity index (χ0v) is 10.3. The standard InChI is InChI=1S/C11H16Cl2O/c1-7(2)4-5-9-8(3)6-10(14-9)11(12)13/h4,8-9H,5-6H2,1-3H3/t8-,9+/m1/s1. The van der Waals surface area contributed by atoms with Gasteiger partial charge in [-0.3, -0.25) is 0 Å². The van der Waals surface area contributed by atoms with Crippen LogP contribution in [-0.4, -0.2) is 6.10 Å². The highest BCUT2D eigenvalue weighted by molar-refractivity contribution is 6.56. The molecule has 0 unspecified atom stereocenters. The molecule has 1 fully saturated rings. The van der Waals surface area contributed by atoms with E-state index >= 15 is 0 Å². The molecule has 0 aromatic heterocycles. The van der Waals surface area contributed by atoms with E-state index in [4.69, 9.17) is 27.9 Å². The second kappa shape index (κ2) is 5.09. The van der Waals surface area contributed by atoms with E-state index in [1.54, 1.807) is 0 Å². The van der Waals surface area contributed by atoms with E-state index in [1.807, 2.05) is 0 Å². The van der Waals surface area contributed by atoms with E-state index in [-0.39, 0.29) is 10.6 Å². The highest BCUT2D eigenvalue weighted by Crippen LogP contribution is 2.35. The van der Waals surface area contributed by atoms with Gasteiger partial charge in [-0.15, -0.1) is 0 Å². The summed E-state index contributed by atoms with van der Waals surface area (Å²) in [7, 11) is 0. The Balaban J connectivity index is 2.58. The molecule has 3 heteroatoms. The first-order valence-electron chi connectivity index (χ1n) is 4.85. The van der Waals surface area contributed by atoms with Crippen LogP contribution in [-0.2, 0) is 4.74 Å². The molecule has 1 heterocycles. The highest BCUT2D eigenvalue weighted by atomic mass is 35.5. The molecule has 1 nitrogen and oxygen atoms in total. The lowest BCUT2D eigenvalue weighted by Gasteiger charge is -2.12. The SMILES string of the molecule is CC(C)=CC[C@@H]1OC(=C(Cl)Cl)C[C@H]1C. The van der Waals surface area contributed by atoms with Gasteiger partial charge in [0.15, 0.2) is 0 Å². The fourth-order valence-corrected chi connectivity index (χ4v) is 1.77. The summed E-state index contributed by atoms with van der Waals surface area (Å²) < 4.78 is 5.93. The predicted molar refractivity (Wildman–Crippen MR) is 61.4 cm³/mol. The van der Waals surface area contributed by atoms with E-state index in [9.17, 15) is 0 Å². The average Bonchev–Trinajstić information content (AvgIpc) is 2.43. The molecule has 0 N–H and O–H groups in total. The van der Waals surface area contributed by atoms with Crippen molar-refractivity contribution in [2.45, 2.75) is 39.7 Å². The van der Waals surface area contributed by atoms with Crippen LogP contribution in [0.2, 0.25) is 0 Å². The van der Waals surface area contributed by atoms with Crippen molar-refractivity contribution in [1.29, 1.82) is 0 Å². The monoisotopic (exact) mass is 234 g/mol. The normalized spacial score (nSPS) is 25.9. The Bertz CT molecular complexity index is 260. The summed E-state index contributed by atoms with van der Waals surface area (Å²) in [5.41, 5.74) is 1.32. The first-order valence-corrected chi connectivity index (χ1v) is 5.60. The molecule has 14 heavy (non-hydrogen) atoms. The van der Waals surface area contributed by atoms with Crippen molar-refractivity contribution in [3.8, 4) is 0 Å². The molecule has 0 amide bonds. The van der Waals surface area contributed by atoms with E-state index in [0.717, 1.165) is 18.6 Å². The Labute approximate surface area is 95.7 Å². The molecule has 1 rings (SSSR count). The third-order valence-electron chi connectivity index (χ3n) is 2.40. The molecule has 1 aliphatic heterocycles. The minimum Gasteiger partial charge on any atom is -0.492 e. The van der Waals surface area contributed by atoms with Gasteiger partial charge in [-0.2, -0.15) is 0 Å². The van der Waals surface area contributed by atoms with Crippen LogP contribution in [0.15, 0.2) is 21.9 Å². The first-order chi connectivity index (χ1) is 6.50. The number of halogens is 2. The van der Waals surface area contributed by atoms with Crippen molar-refractivity contribution < 1.29 is 4.74 Å². The molecule has 0 aromatic carbocycles. The van der Waals surface area contributed by atoms with Crippen molar-refractivity contribution in [2.24, 2.45) is 5.92 Å². The van der Waals surface area contributed by atoms with Gasteiger partial charge in [-0.25, -0.2) is 0 Å². The largest absolute Gasteiger partial charge is 0.492 e. The molecule has 0 saturated carbocycles. The third-order valence-corrected chi connectivity index (χ3v) is 2.83. The maximum absolute atomic E-state index is 5.68. The first kappa shape index (κ1) is 11.9. The molecule has 0 radical (unpaired) electrons. The average molecular weight is 235 g/mol. The van der Waals surface area contributed by atoms with Crippen LogP contribution >= 0.6 is 23.2 Å². The summed E-state index contributed by atoms with van der Waals surface area (Å²) in [5, 5.41) is 0. The van der Waals surface area contributed by atoms with Crippen molar-refractivity contribution in [1.82, 2.24) is 0 Å². The molecule has 80 valence electrons. The van der Waals surface area contributed by atoms with Crippen molar-refractivity contribution in [3.63, 3.8) is 0 Å². The second-order valence-corrected chi connectivity index (χ2v) is 4.99. The quantitative estimate of drug-likeness (QED) is 0.644. The molecular weight excluding hydrogens is 219 g/mol. The van der Waals surface area contributed by atoms with Gasteiger partial charge in [-0.05, 0) is 13.8 Å². The van der Waals surface area contributed by atoms with Crippen LogP contribution in [0.25, 0.3) is 0 Å². The Hall–Kier alpha value is -0.140. The van der Waals surface area contributed by atoms with Gasteiger partial charge in [-0.1, -0.05) is 41.8 Å². The lowest BCUT2D eigenvalue weighted by molar-refractivity contribution is 0.138. The van der Waals surface area contributed by atoms with Gasteiger partial charge in [0.1, 0.15) is 16.4 Å². The topological polar surface area (TPSA) is 9.23 Å². The van der Waals surface area contributed by atoms with Crippen LogP contribution in [0, 0.1) is 5.92 Å². The Morgan fingerprint density at radius 3 is 2.57 bits per heavy atom. The van der Waals surface area contributed by atoms with E-state index in [2.05, 4.69) is 26.8 Å². The van der Waals surface area contributed by atoms with Crippen molar-refractivity contribution in [2.75, 3.05) is 0 Å². The van der Waals surface area contributed by atoms with Gasteiger partial charge in [0.05, 0.1) is 0 Å². The summed E-state index contributed by atoms with van der Waals surface area (Å²) in [6.07, 6.45) is 4.21. The molecule has 1 saturated heterocycles. The molecule has 0 bridgehead atoms. The number of allylic oxidation sites excluding steroid dienone is 2. The number of hydrogen-bond donors (Lipinski definition) is 0. The molecule has 1 aliphatic rings. The smallest absolute Gasteiger partial charge is 0.144 e. The molecule has 0 spiro atoms. The lowest BCUT2D eigenvalue weighted by atomic mass is 10.0. The second-order valence-electron chi connectivity index (χ2n) is 4.04. The lowest BCUT2D eigenvalue weighted by Crippen LogP contribution is -2.11. The maximum atomic E-state index is 5.68. The fourth-order valence-electron chi connectivity index (χ4n) is 1.52. The summed E-state index contributed by atoms with van der Waals surface area (Å²) in [6, 6.07) is 0. The summed E-state index contributed by atoms with van der Waals surface area (Å²) in [4.78, 5) is 0. The minimum absolute atomic E-state index is 0.229. The van der Waals surface area contributed by atoms with Crippen molar-refractivity contribution in [3.05, 3.63) is 21.9 Å². The Kier molecular flexibility index (Phi) is 4.33. The van der Waals surface area contributed by atoms with Crippen LogP contribution in [0.3, 0.4) is 0 Å². The highest BCUT2D eigenvalue weighted by Gasteiger charge is 2.29. The Morgan fingerprint density at radius 2 is 2.14 bits per heavy atom. The summed E-state index contributed by atoms with van der Waals surface area (Å²) >= 11 is 11.4. The van der Waals surface area contributed by atoms with Gasteiger partial charge in [0.25, 0.3) is 0 Å². The van der Waals surface area contributed by atoms with Gasteiger partial charge in [0, 0.05) is 18.8 Å². The Morgan fingerprint density at radius 1 is 1.50 bits per heavy atom. The number of ether oxygens (including phenoxy) is 1. The zero-order chi connectivity index (χ0) is 10.7. The third kappa shape index (κ3) is 3.21. The van der Waals surface area contributed by atoms with E-state index in [0.29, 0.717) is 5.92 Å². The van der Waals surface area contributed by atoms with E-state index in [1.165, 1.54) is 5.57 Å². The number of hydrogen-bond acceptors (Lipinski definition) is 1. The summed E-state index contributed by atoms with van der Waals surface area (Å²) in [5.74, 6) is 1.24. The molecular formula is C11H16Cl2O. The van der Waals surface area contributed by atoms with Crippen LogP contribution in [0.5, 0.6) is 0 Å². The fraction of sp³-hybridized carbons (Fsp3) is 0.636. The molecule has 0 aliphatic carbocycles. The molecule has 2 atom stereocenters. The van der Waals surface area contributed by atoms with Gasteiger partial charge < -0.3 is 4.74 Å². The van der Waals surface area contributed by atoms with Crippen LogP contribution in [0.1, 0.15) is 33.6 Å². The minimum atomic E-state index is 0.229. The van der Waals surface area contributed by atoms with Crippen LogP contribution < -0.4 is 0 Å². The van der Waals surface area contributed by atoms with Gasteiger partial charge in [0.2, 0.25) is 0 Å². The van der Waals surface area contributed by atoms with Crippen molar-refractivity contribution >= 4 is 23.2 Å². The van der Waals surface area contributed by atoms with E-state index < -0.39 is 0 Å². The molecule has 0 aromatic rings. The number of rotatable bonds is 2. The maximum Gasteiger partial charge on any atom is 0.144 e. The van der Waals surface area contributed by atoms with Gasteiger partial charge >= 0.3 is 0 Å². The summed E-state index contributed by atoms with van der Waals surface area (Å²) in [6.45, 7) is 6.34. The predicted octanol–water partition coefficient (Wildman–Crippen LogP) is 4.41.